The van der Waals surface area contributed by atoms with Gasteiger partial charge >= 0.3 is 0 Å². The molecule has 3 heteroatoms. The van der Waals surface area contributed by atoms with Crippen LogP contribution in [-0.2, 0) is 14.2 Å². The molecule has 2 heterocycles. The average molecular weight is 543 g/mol. The van der Waals surface area contributed by atoms with Gasteiger partial charge in [0.25, 0.3) is 0 Å². The molecular formula is C35H74O3. The summed E-state index contributed by atoms with van der Waals surface area (Å²) in [6.45, 7) is 16.1. The van der Waals surface area contributed by atoms with Gasteiger partial charge in [-0.3, -0.25) is 0 Å². The Balaban J connectivity index is -0.000000134. The number of rotatable bonds is 10. The molecule has 1 aromatic rings. The first-order chi connectivity index (χ1) is 15.3. The molecule has 3 nitrogen and oxygen atoms in total. The molecule has 4 atom stereocenters. The molecule has 4 unspecified atom stereocenters. The Morgan fingerprint density at radius 3 is 1.82 bits per heavy atom. The quantitative estimate of drug-likeness (QED) is 0.218. The van der Waals surface area contributed by atoms with E-state index in [2.05, 4.69) is 65.8 Å². The van der Waals surface area contributed by atoms with Crippen molar-refractivity contribution in [1.29, 1.82) is 0 Å². The molecule has 0 N–H and O–H groups in total. The maximum Gasteiger partial charge on any atom is 0.104 e. The van der Waals surface area contributed by atoms with E-state index in [0.717, 1.165) is 37.6 Å². The van der Waals surface area contributed by atoms with E-state index in [1.807, 2.05) is 6.07 Å². The monoisotopic (exact) mass is 543 g/mol. The molecule has 1 aromatic carbocycles. The minimum Gasteiger partial charge on any atom is -0.379 e. The van der Waals surface area contributed by atoms with Gasteiger partial charge in [0, 0.05) is 6.61 Å². The first-order valence-electron chi connectivity index (χ1n) is 13.2. The van der Waals surface area contributed by atoms with Crippen LogP contribution in [-0.4, -0.2) is 38.1 Å². The van der Waals surface area contributed by atoms with Crippen LogP contribution in [0.2, 0.25) is 0 Å². The van der Waals surface area contributed by atoms with Crippen LogP contribution in [0.15, 0.2) is 30.3 Å². The third-order valence-corrected chi connectivity index (χ3v) is 6.51. The number of ether oxygens (including phenoxy) is 3. The Morgan fingerprint density at radius 1 is 0.789 bits per heavy atom. The zero-order valence-electron chi connectivity index (χ0n) is 21.7. The van der Waals surface area contributed by atoms with Crippen molar-refractivity contribution in [2.45, 2.75) is 155 Å². The molecule has 3 aliphatic rings. The zero-order chi connectivity index (χ0) is 23.3. The standard InChI is InChI=1S/C11H20O.C9H18O2.C9H12.6CH4/c1-8(2)3-4-9-5-6-10-11(7-9)12-10;1-8(2)4-3-5-10-6-9-7-11-9;1-8(2)9-6-4-3-5-7-9;;;;;;/h8-11H,3-7H2,1-2H3;8-9H,3-7H2,1-2H3;3-8H,1-2H3;6*1H4. The van der Waals surface area contributed by atoms with Gasteiger partial charge in [-0.1, -0.05) is 129 Å². The summed E-state index contributed by atoms with van der Waals surface area (Å²) < 4.78 is 15.9. The largest absolute Gasteiger partial charge is 0.379 e. The second kappa shape index (κ2) is 26.3. The van der Waals surface area contributed by atoms with Crippen molar-refractivity contribution in [1.82, 2.24) is 0 Å². The third kappa shape index (κ3) is 23.0. The van der Waals surface area contributed by atoms with Gasteiger partial charge in [-0.25, -0.2) is 0 Å². The van der Waals surface area contributed by atoms with Crippen molar-refractivity contribution < 1.29 is 14.2 Å². The van der Waals surface area contributed by atoms with E-state index in [1.54, 1.807) is 0 Å². The summed E-state index contributed by atoms with van der Waals surface area (Å²) in [7, 11) is 0. The van der Waals surface area contributed by atoms with Crippen molar-refractivity contribution in [2.75, 3.05) is 19.8 Å². The summed E-state index contributed by atoms with van der Waals surface area (Å²) in [5.74, 6) is 3.32. The highest BCUT2D eigenvalue weighted by Gasteiger charge is 2.43. The molecule has 0 aromatic heterocycles. The number of fused-ring (bicyclic) bond motifs is 1. The summed E-state index contributed by atoms with van der Waals surface area (Å²) in [4.78, 5) is 0. The molecule has 232 valence electrons. The van der Waals surface area contributed by atoms with Gasteiger partial charge in [0.1, 0.15) is 6.10 Å². The van der Waals surface area contributed by atoms with Crippen LogP contribution in [0.1, 0.15) is 143 Å². The van der Waals surface area contributed by atoms with Gasteiger partial charge < -0.3 is 14.2 Å². The normalized spacial score (nSPS) is 21.5. The Bertz CT molecular complexity index is 576. The Kier molecular flexibility index (Phi) is 32.5. The predicted octanol–water partition coefficient (Wildman–Crippen LogP) is 11.5. The Labute approximate surface area is 242 Å². The molecule has 1 aliphatic carbocycles. The Morgan fingerprint density at radius 2 is 1.37 bits per heavy atom. The molecule has 0 spiro atoms. The highest BCUT2D eigenvalue weighted by atomic mass is 16.6. The van der Waals surface area contributed by atoms with E-state index in [4.69, 9.17) is 14.2 Å². The maximum atomic E-state index is 5.51. The topological polar surface area (TPSA) is 34.3 Å². The third-order valence-electron chi connectivity index (χ3n) is 6.51. The predicted molar refractivity (Wildman–Crippen MR) is 176 cm³/mol. The zero-order valence-corrected chi connectivity index (χ0v) is 21.7. The van der Waals surface area contributed by atoms with Crippen LogP contribution in [0.5, 0.6) is 0 Å². The first kappa shape index (κ1) is 46.9. The first-order valence-corrected chi connectivity index (χ1v) is 13.2. The van der Waals surface area contributed by atoms with E-state index in [9.17, 15) is 0 Å². The van der Waals surface area contributed by atoms with E-state index in [0.29, 0.717) is 24.2 Å². The molecule has 4 rings (SSSR count). The summed E-state index contributed by atoms with van der Waals surface area (Å²) in [6, 6.07) is 10.5. The lowest BCUT2D eigenvalue weighted by molar-refractivity contribution is 0.111. The van der Waals surface area contributed by atoms with Gasteiger partial charge in [-0.15, -0.1) is 0 Å². The average Bonchev–Trinajstić information content (AvgIpc) is 3.68. The summed E-state index contributed by atoms with van der Waals surface area (Å²) in [5, 5.41) is 0. The van der Waals surface area contributed by atoms with Crippen molar-refractivity contribution in [3.8, 4) is 0 Å². The summed E-state index contributed by atoms with van der Waals surface area (Å²) >= 11 is 0. The minimum atomic E-state index is 0. The highest BCUT2D eigenvalue weighted by molar-refractivity contribution is 5.17. The fourth-order valence-electron chi connectivity index (χ4n) is 4.13. The van der Waals surface area contributed by atoms with E-state index < -0.39 is 0 Å². The minimum absolute atomic E-state index is 0. The lowest BCUT2D eigenvalue weighted by Gasteiger charge is -2.19. The van der Waals surface area contributed by atoms with Gasteiger partial charge in [0.2, 0.25) is 0 Å². The van der Waals surface area contributed by atoms with Crippen LogP contribution >= 0.6 is 0 Å². The number of hydrogen-bond donors (Lipinski definition) is 0. The smallest absolute Gasteiger partial charge is 0.104 e. The van der Waals surface area contributed by atoms with Gasteiger partial charge in [0.15, 0.2) is 0 Å². The van der Waals surface area contributed by atoms with Gasteiger partial charge in [0.05, 0.1) is 25.4 Å². The van der Waals surface area contributed by atoms with Crippen molar-refractivity contribution in [3.63, 3.8) is 0 Å². The number of hydrogen-bond acceptors (Lipinski definition) is 3. The second-order valence-corrected chi connectivity index (χ2v) is 11.0. The van der Waals surface area contributed by atoms with Crippen LogP contribution in [0.3, 0.4) is 0 Å². The molecule has 3 fully saturated rings. The number of benzene rings is 1. The lowest BCUT2D eigenvalue weighted by atomic mass is 9.85. The maximum absolute atomic E-state index is 5.51. The van der Waals surface area contributed by atoms with Crippen molar-refractivity contribution >= 4 is 0 Å². The Hall–Kier alpha value is -0.900. The van der Waals surface area contributed by atoms with E-state index in [1.165, 1.54) is 50.5 Å². The lowest BCUT2D eigenvalue weighted by Crippen LogP contribution is -2.13. The molecular weight excluding hydrogens is 468 g/mol. The summed E-state index contributed by atoms with van der Waals surface area (Å²) in [5.41, 5.74) is 1.41. The second-order valence-electron chi connectivity index (χ2n) is 11.0. The van der Waals surface area contributed by atoms with Crippen molar-refractivity contribution in [2.24, 2.45) is 17.8 Å². The molecule has 0 bridgehead atoms. The number of epoxide rings is 2. The SMILES string of the molecule is C.C.C.C.C.C.CC(C)CCC1CCC2OC2C1.CC(C)CCCOCC1CO1.CC(C)c1ccccc1. The molecule has 0 amide bonds. The van der Waals surface area contributed by atoms with Gasteiger partial charge in [-0.05, 0) is 61.3 Å². The molecule has 38 heavy (non-hydrogen) atoms. The van der Waals surface area contributed by atoms with Gasteiger partial charge in [-0.2, -0.15) is 0 Å². The molecule has 1 saturated carbocycles. The molecule has 0 radical (unpaired) electrons. The fourth-order valence-corrected chi connectivity index (χ4v) is 4.13. The van der Waals surface area contributed by atoms with E-state index in [-0.39, 0.29) is 44.6 Å². The summed E-state index contributed by atoms with van der Waals surface area (Å²) in [6.07, 6.45) is 11.2. The molecule has 2 saturated heterocycles. The van der Waals surface area contributed by atoms with Crippen LogP contribution in [0.4, 0.5) is 0 Å². The highest BCUT2D eigenvalue weighted by Crippen LogP contribution is 2.41. The van der Waals surface area contributed by atoms with Crippen molar-refractivity contribution in [3.05, 3.63) is 35.9 Å². The van der Waals surface area contributed by atoms with Crippen LogP contribution in [0, 0.1) is 17.8 Å². The fraction of sp³-hybridized carbons (Fsp3) is 0.829. The van der Waals surface area contributed by atoms with E-state index >= 15 is 0 Å². The molecule has 2 aliphatic heterocycles. The van der Waals surface area contributed by atoms with Crippen LogP contribution in [0.25, 0.3) is 0 Å². The van der Waals surface area contributed by atoms with Crippen LogP contribution < -0.4 is 0 Å².